The zero-order valence-corrected chi connectivity index (χ0v) is 13.6. The van der Waals surface area contributed by atoms with Gasteiger partial charge in [-0.1, -0.05) is 37.5 Å². The molecule has 0 bridgehead atoms. The largest absolute Gasteiger partial charge is 0.496 e. The van der Waals surface area contributed by atoms with Crippen LogP contribution in [0, 0.1) is 0 Å². The Morgan fingerprint density at radius 3 is 2.54 bits per heavy atom. The van der Waals surface area contributed by atoms with Gasteiger partial charge in [-0.3, -0.25) is 19.8 Å². The van der Waals surface area contributed by atoms with Crippen LogP contribution < -0.4 is 10.1 Å². The van der Waals surface area contributed by atoms with E-state index in [2.05, 4.69) is 5.32 Å². The topological polar surface area (TPSA) is 75.7 Å². The molecule has 1 aromatic carbocycles. The maximum atomic E-state index is 12.8. The monoisotopic (exact) mass is 328 g/mol. The summed E-state index contributed by atoms with van der Waals surface area (Å²) in [7, 11) is 1.53. The van der Waals surface area contributed by atoms with E-state index in [4.69, 9.17) is 4.74 Å². The van der Waals surface area contributed by atoms with Crippen molar-refractivity contribution in [3.8, 4) is 5.75 Å². The first kappa shape index (κ1) is 16.2. The molecule has 1 aliphatic heterocycles. The average Bonchev–Trinajstić information content (AvgIpc) is 2.59. The summed E-state index contributed by atoms with van der Waals surface area (Å²) in [5.74, 6) is -0.628. The lowest BCUT2D eigenvalue weighted by molar-refractivity contribution is -0.132. The molecule has 2 aliphatic rings. The molecule has 4 amide bonds. The van der Waals surface area contributed by atoms with Gasteiger partial charge in [0.25, 0.3) is 11.8 Å². The summed E-state index contributed by atoms with van der Waals surface area (Å²) in [6.45, 7) is 0. The van der Waals surface area contributed by atoms with Gasteiger partial charge in [-0.25, -0.2) is 4.79 Å². The molecule has 0 spiro atoms. The van der Waals surface area contributed by atoms with E-state index in [1.165, 1.54) is 18.1 Å². The number of para-hydroxylation sites is 1. The van der Waals surface area contributed by atoms with Gasteiger partial charge in [-0.2, -0.15) is 0 Å². The summed E-state index contributed by atoms with van der Waals surface area (Å²) < 4.78 is 5.25. The molecule has 1 heterocycles. The molecule has 126 valence electrons. The predicted octanol–water partition coefficient (Wildman–Crippen LogP) is 2.49. The minimum Gasteiger partial charge on any atom is -0.496 e. The number of benzene rings is 1. The van der Waals surface area contributed by atoms with Gasteiger partial charge in [0.2, 0.25) is 0 Å². The van der Waals surface area contributed by atoms with Crippen LogP contribution in [-0.2, 0) is 9.59 Å². The van der Waals surface area contributed by atoms with E-state index in [-0.39, 0.29) is 11.6 Å². The molecule has 3 rings (SSSR count). The number of nitrogens with zero attached hydrogens (tertiary/aromatic N) is 1. The number of ether oxygens (including phenoxy) is 1. The van der Waals surface area contributed by atoms with Crippen LogP contribution >= 0.6 is 0 Å². The number of rotatable bonds is 3. The van der Waals surface area contributed by atoms with Crippen LogP contribution in [0.25, 0.3) is 6.08 Å². The molecule has 1 aliphatic carbocycles. The van der Waals surface area contributed by atoms with Gasteiger partial charge in [0.1, 0.15) is 11.3 Å². The minimum absolute atomic E-state index is 0.0373. The van der Waals surface area contributed by atoms with Crippen LogP contribution in [0.2, 0.25) is 0 Å². The molecule has 1 saturated heterocycles. The fraction of sp³-hybridized carbons (Fsp3) is 0.389. The van der Waals surface area contributed by atoms with Crippen molar-refractivity contribution in [2.45, 2.75) is 38.1 Å². The van der Waals surface area contributed by atoms with Crippen molar-refractivity contribution in [2.24, 2.45) is 0 Å². The summed E-state index contributed by atoms with van der Waals surface area (Å²) in [4.78, 5) is 38.3. The van der Waals surface area contributed by atoms with Gasteiger partial charge in [-0.15, -0.1) is 0 Å². The van der Waals surface area contributed by atoms with E-state index >= 15 is 0 Å². The van der Waals surface area contributed by atoms with E-state index in [1.54, 1.807) is 18.2 Å². The molecule has 24 heavy (non-hydrogen) atoms. The van der Waals surface area contributed by atoms with Crippen molar-refractivity contribution in [3.63, 3.8) is 0 Å². The van der Waals surface area contributed by atoms with Crippen LogP contribution in [0.5, 0.6) is 5.75 Å². The van der Waals surface area contributed by atoms with Crippen molar-refractivity contribution in [1.29, 1.82) is 0 Å². The predicted molar refractivity (Wildman–Crippen MR) is 88.2 cm³/mol. The standard InChI is InChI=1S/C18H20N2O4/c1-24-15-10-6-5-7-12(15)11-14-16(21)19-18(23)20(17(14)22)13-8-3-2-4-9-13/h5-7,10-11,13H,2-4,8-9H2,1H3,(H,19,21,23). The third-order valence-corrected chi connectivity index (χ3v) is 4.51. The molecular weight excluding hydrogens is 308 g/mol. The van der Waals surface area contributed by atoms with Crippen molar-refractivity contribution < 1.29 is 19.1 Å². The van der Waals surface area contributed by atoms with Gasteiger partial charge in [-0.05, 0) is 25.0 Å². The van der Waals surface area contributed by atoms with Crippen LogP contribution in [0.3, 0.4) is 0 Å². The first-order chi connectivity index (χ1) is 11.6. The van der Waals surface area contributed by atoms with E-state index in [9.17, 15) is 14.4 Å². The number of carbonyl (C=O) groups excluding carboxylic acids is 3. The molecule has 1 saturated carbocycles. The fourth-order valence-electron chi connectivity index (χ4n) is 3.28. The first-order valence-electron chi connectivity index (χ1n) is 8.15. The molecular formula is C18H20N2O4. The van der Waals surface area contributed by atoms with Crippen LogP contribution in [0.15, 0.2) is 29.8 Å². The van der Waals surface area contributed by atoms with Gasteiger partial charge in [0.05, 0.1) is 7.11 Å². The fourth-order valence-corrected chi connectivity index (χ4v) is 3.28. The number of methoxy groups -OCH3 is 1. The zero-order valence-electron chi connectivity index (χ0n) is 13.6. The third-order valence-electron chi connectivity index (χ3n) is 4.51. The molecule has 0 atom stereocenters. The molecule has 6 heteroatoms. The third kappa shape index (κ3) is 3.04. The molecule has 6 nitrogen and oxygen atoms in total. The van der Waals surface area contributed by atoms with E-state index in [0.717, 1.165) is 32.1 Å². The highest BCUT2D eigenvalue weighted by molar-refractivity contribution is 6.31. The van der Waals surface area contributed by atoms with Crippen LogP contribution in [0.4, 0.5) is 4.79 Å². The Kier molecular flexibility index (Phi) is 4.64. The highest BCUT2D eigenvalue weighted by Gasteiger charge is 2.40. The molecule has 1 N–H and O–H groups in total. The summed E-state index contributed by atoms with van der Waals surface area (Å²) in [6.07, 6.45) is 6.15. The molecule has 0 unspecified atom stereocenters. The number of carbonyl (C=O) groups is 3. The highest BCUT2D eigenvalue weighted by atomic mass is 16.5. The molecule has 0 radical (unpaired) electrons. The Morgan fingerprint density at radius 2 is 1.83 bits per heavy atom. The highest BCUT2D eigenvalue weighted by Crippen LogP contribution is 2.27. The quantitative estimate of drug-likeness (QED) is 0.683. The summed E-state index contributed by atoms with van der Waals surface area (Å²) >= 11 is 0. The zero-order chi connectivity index (χ0) is 17.1. The van der Waals surface area contributed by atoms with Crippen molar-refractivity contribution in [3.05, 3.63) is 35.4 Å². The van der Waals surface area contributed by atoms with E-state index in [1.807, 2.05) is 6.07 Å². The van der Waals surface area contributed by atoms with Gasteiger partial charge in [0, 0.05) is 11.6 Å². The van der Waals surface area contributed by atoms with Crippen LogP contribution in [0.1, 0.15) is 37.7 Å². The number of nitrogens with one attached hydrogen (secondary N) is 1. The second kappa shape index (κ2) is 6.86. The lowest BCUT2D eigenvalue weighted by atomic mass is 9.93. The molecule has 1 aromatic rings. The van der Waals surface area contributed by atoms with Crippen LogP contribution in [-0.4, -0.2) is 35.9 Å². The Labute approximate surface area is 140 Å². The SMILES string of the molecule is COc1ccccc1C=C1C(=O)NC(=O)N(C2CCCCC2)C1=O. The Bertz CT molecular complexity index is 705. The second-order valence-electron chi connectivity index (χ2n) is 6.03. The number of amides is 4. The molecule has 2 fully saturated rings. The smallest absolute Gasteiger partial charge is 0.331 e. The van der Waals surface area contributed by atoms with Crippen molar-refractivity contribution in [1.82, 2.24) is 10.2 Å². The second-order valence-corrected chi connectivity index (χ2v) is 6.03. The van der Waals surface area contributed by atoms with Gasteiger partial charge < -0.3 is 4.74 Å². The maximum absolute atomic E-state index is 12.8. The number of hydrogen-bond donors (Lipinski definition) is 1. The average molecular weight is 328 g/mol. The summed E-state index contributed by atoms with van der Waals surface area (Å²) in [6, 6.07) is 6.36. The molecule has 0 aromatic heterocycles. The van der Waals surface area contributed by atoms with Crippen molar-refractivity contribution in [2.75, 3.05) is 7.11 Å². The van der Waals surface area contributed by atoms with E-state index < -0.39 is 17.8 Å². The minimum atomic E-state index is -0.664. The van der Waals surface area contributed by atoms with Crippen molar-refractivity contribution >= 4 is 23.9 Å². The summed E-state index contributed by atoms with van der Waals surface area (Å²) in [5, 5.41) is 2.28. The number of imide groups is 2. The maximum Gasteiger partial charge on any atom is 0.331 e. The van der Waals surface area contributed by atoms with Gasteiger partial charge in [0.15, 0.2) is 0 Å². The lowest BCUT2D eigenvalue weighted by Gasteiger charge is -2.35. The lowest BCUT2D eigenvalue weighted by Crippen LogP contribution is -2.58. The normalized spacial score (nSPS) is 21.1. The number of hydrogen-bond acceptors (Lipinski definition) is 4. The number of barbiturate groups is 1. The Hall–Kier alpha value is -2.63. The first-order valence-corrected chi connectivity index (χ1v) is 8.15. The van der Waals surface area contributed by atoms with Gasteiger partial charge >= 0.3 is 6.03 Å². The van der Waals surface area contributed by atoms with E-state index in [0.29, 0.717) is 11.3 Å². The Morgan fingerprint density at radius 1 is 1.12 bits per heavy atom. The Balaban J connectivity index is 1.94. The number of urea groups is 1. The summed E-state index contributed by atoms with van der Waals surface area (Å²) in [5.41, 5.74) is 0.584.